The number of nitrogen functional groups attached to an aromatic ring is 1. The smallest absolute Gasteiger partial charge is 0.227 e. The Morgan fingerprint density at radius 2 is 1.83 bits per heavy atom. The molecule has 1 saturated heterocycles. The number of aromatic nitrogens is 2. The van der Waals surface area contributed by atoms with Gasteiger partial charge >= 0.3 is 0 Å². The van der Waals surface area contributed by atoms with Gasteiger partial charge in [-0.1, -0.05) is 0 Å². The second kappa shape index (κ2) is 5.15. The number of methoxy groups -OCH3 is 2. The molecule has 0 radical (unpaired) electrons. The van der Waals surface area contributed by atoms with Crippen molar-refractivity contribution in [2.75, 3.05) is 37.9 Å². The predicted octanol–water partition coefficient (Wildman–Crippen LogP) is 2.61. The van der Waals surface area contributed by atoms with E-state index >= 15 is 0 Å². The van der Waals surface area contributed by atoms with Gasteiger partial charge in [0.15, 0.2) is 11.5 Å². The molecule has 4 rings (SSSR count). The first-order valence-corrected chi connectivity index (χ1v) is 8.08. The molecule has 1 aliphatic heterocycles. The molecule has 6 heteroatoms. The van der Waals surface area contributed by atoms with Crippen LogP contribution >= 0.6 is 0 Å². The van der Waals surface area contributed by atoms with E-state index in [0.29, 0.717) is 22.7 Å². The van der Waals surface area contributed by atoms with E-state index < -0.39 is 0 Å². The van der Waals surface area contributed by atoms with E-state index in [1.807, 2.05) is 12.1 Å². The number of piperidine rings is 1. The highest BCUT2D eigenvalue weighted by atomic mass is 16.5. The molecule has 1 saturated carbocycles. The minimum absolute atomic E-state index is 0.487. The molecule has 122 valence electrons. The molecule has 0 atom stereocenters. The minimum Gasteiger partial charge on any atom is -0.493 e. The fraction of sp³-hybridized carbons (Fsp3) is 0.529. The molecule has 1 spiro atoms. The molecule has 2 N–H and O–H groups in total. The number of ether oxygens (including phenoxy) is 2. The molecule has 2 fully saturated rings. The highest BCUT2D eigenvalue weighted by molar-refractivity contribution is 5.91. The van der Waals surface area contributed by atoms with Gasteiger partial charge in [-0.05, 0) is 37.2 Å². The molecular weight excluding hydrogens is 292 g/mol. The lowest BCUT2D eigenvalue weighted by molar-refractivity contribution is 0.355. The molecule has 1 aliphatic carbocycles. The number of rotatable bonds is 3. The fourth-order valence-electron chi connectivity index (χ4n) is 3.57. The summed E-state index contributed by atoms with van der Waals surface area (Å²) in [6, 6.07) is 3.71. The van der Waals surface area contributed by atoms with Crippen LogP contribution in [0.5, 0.6) is 11.5 Å². The summed E-state index contributed by atoms with van der Waals surface area (Å²) in [5, 5.41) is 0.796. The molecular formula is C17H22N4O2. The third-order valence-electron chi connectivity index (χ3n) is 5.12. The summed E-state index contributed by atoms with van der Waals surface area (Å²) < 4.78 is 10.7. The molecule has 1 aromatic heterocycles. The zero-order valence-electron chi connectivity index (χ0n) is 13.6. The van der Waals surface area contributed by atoms with Gasteiger partial charge < -0.3 is 20.1 Å². The second-order valence-electron chi connectivity index (χ2n) is 6.66. The van der Waals surface area contributed by atoms with E-state index in [1.54, 1.807) is 14.2 Å². The molecule has 6 nitrogen and oxygen atoms in total. The van der Waals surface area contributed by atoms with Crippen molar-refractivity contribution < 1.29 is 9.47 Å². The molecule has 2 aliphatic rings. The molecule has 2 aromatic rings. The largest absolute Gasteiger partial charge is 0.493 e. The number of hydrogen-bond acceptors (Lipinski definition) is 6. The van der Waals surface area contributed by atoms with Crippen LogP contribution in [0.4, 0.5) is 11.8 Å². The number of nitrogens with two attached hydrogens (primary N) is 1. The molecule has 0 amide bonds. The van der Waals surface area contributed by atoms with Gasteiger partial charge in [0.25, 0.3) is 0 Å². The average Bonchev–Trinajstić information content (AvgIpc) is 3.32. The number of fused-ring (bicyclic) bond motifs is 1. The first kappa shape index (κ1) is 14.4. The van der Waals surface area contributed by atoms with Crippen LogP contribution in [0.25, 0.3) is 10.9 Å². The predicted molar refractivity (Wildman–Crippen MR) is 90.2 cm³/mol. The van der Waals surface area contributed by atoms with Crippen molar-refractivity contribution in [3.63, 3.8) is 0 Å². The topological polar surface area (TPSA) is 73.5 Å². The molecule has 0 unspecified atom stereocenters. The first-order valence-electron chi connectivity index (χ1n) is 8.08. The summed E-state index contributed by atoms with van der Waals surface area (Å²) in [7, 11) is 3.23. The summed E-state index contributed by atoms with van der Waals surface area (Å²) in [6.45, 7) is 2.05. The Labute approximate surface area is 135 Å². The summed E-state index contributed by atoms with van der Waals surface area (Å²) in [5.74, 6) is 2.51. The summed E-state index contributed by atoms with van der Waals surface area (Å²) in [5.41, 5.74) is 7.50. The Hall–Kier alpha value is -2.24. The monoisotopic (exact) mass is 314 g/mol. The van der Waals surface area contributed by atoms with Crippen LogP contribution in [0.3, 0.4) is 0 Å². The van der Waals surface area contributed by atoms with E-state index in [2.05, 4.69) is 9.88 Å². The van der Waals surface area contributed by atoms with Gasteiger partial charge in [-0.25, -0.2) is 4.98 Å². The van der Waals surface area contributed by atoms with E-state index in [1.165, 1.54) is 25.7 Å². The Morgan fingerprint density at radius 3 is 2.52 bits per heavy atom. The summed E-state index contributed by atoms with van der Waals surface area (Å²) >= 11 is 0. The Kier molecular flexibility index (Phi) is 3.21. The van der Waals surface area contributed by atoms with E-state index in [-0.39, 0.29) is 0 Å². The number of nitrogens with zero attached hydrogens (tertiary/aromatic N) is 3. The maximum Gasteiger partial charge on any atom is 0.227 e. The number of anilines is 2. The molecule has 1 aromatic carbocycles. The molecule has 0 bridgehead atoms. The zero-order chi connectivity index (χ0) is 16.0. The molecule has 2 heterocycles. The van der Waals surface area contributed by atoms with Crippen molar-refractivity contribution in [1.29, 1.82) is 0 Å². The van der Waals surface area contributed by atoms with Crippen LogP contribution < -0.4 is 20.1 Å². The van der Waals surface area contributed by atoms with Gasteiger partial charge in [0.05, 0.1) is 19.7 Å². The van der Waals surface area contributed by atoms with Crippen molar-refractivity contribution in [2.45, 2.75) is 25.7 Å². The standard InChI is InChI=1S/C17H22N4O2/c1-22-13-8-11-12(9-14(13)23-2)19-16(20-15(11)18)21-7-3-4-17(10-21)5-6-17/h8-9H,3-7,10H2,1-2H3,(H2,18,19,20). The van der Waals surface area contributed by atoms with Crippen LogP contribution in [0.2, 0.25) is 0 Å². The first-order chi connectivity index (χ1) is 11.1. The normalized spacial score (nSPS) is 19.1. The van der Waals surface area contributed by atoms with Crippen LogP contribution in [0.15, 0.2) is 12.1 Å². The second-order valence-corrected chi connectivity index (χ2v) is 6.66. The van der Waals surface area contributed by atoms with E-state index in [0.717, 1.165) is 29.9 Å². The van der Waals surface area contributed by atoms with Crippen molar-refractivity contribution in [2.24, 2.45) is 5.41 Å². The average molecular weight is 314 g/mol. The van der Waals surface area contributed by atoms with Crippen LogP contribution in [0.1, 0.15) is 25.7 Å². The van der Waals surface area contributed by atoms with Crippen LogP contribution in [-0.4, -0.2) is 37.3 Å². The van der Waals surface area contributed by atoms with Crippen molar-refractivity contribution in [3.05, 3.63) is 12.1 Å². The zero-order valence-corrected chi connectivity index (χ0v) is 13.6. The van der Waals surface area contributed by atoms with E-state index in [9.17, 15) is 0 Å². The van der Waals surface area contributed by atoms with Gasteiger partial charge in [0.1, 0.15) is 5.82 Å². The van der Waals surface area contributed by atoms with Crippen molar-refractivity contribution in [3.8, 4) is 11.5 Å². The quantitative estimate of drug-likeness (QED) is 0.939. The van der Waals surface area contributed by atoms with Gasteiger partial charge in [-0.15, -0.1) is 0 Å². The van der Waals surface area contributed by atoms with Gasteiger partial charge in [-0.3, -0.25) is 0 Å². The van der Waals surface area contributed by atoms with Gasteiger partial charge in [0, 0.05) is 24.5 Å². The van der Waals surface area contributed by atoms with E-state index in [4.69, 9.17) is 20.2 Å². The lowest BCUT2D eigenvalue weighted by atomic mass is 9.95. The van der Waals surface area contributed by atoms with Crippen LogP contribution in [0, 0.1) is 5.41 Å². The Bertz CT molecular complexity index is 758. The third-order valence-corrected chi connectivity index (χ3v) is 5.12. The van der Waals surface area contributed by atoms with Crippen molar-refractivity contribution in [1.82, 2.24) is 9.97 Å². The van der Waals surface area contributed by atoms with Crippen LogP contribution in [-0.2, 0) is 0 Å². The highest BCUT2D eigenvalue weighted by Gasteiger charge is 2.45. The maximum absolute atomic E-state index is 6.19. The lowest BCUT2D eigenvalue weighted by Crippen LogP contribution is -2.37. The minimum atomic E-state index is 0.487. The third kappa shape index (κ3) is 2.42. The SMILES string of the molecule is COc1cc2nc(N3CCCC4(CC4)C3)nc(N)c2cc1OC. The number of benzene rings is 1. The lowest BCUT2D eigenvalue weighted by Gasteiger charge is -2.33. The Morgan fingerprint density at radius 1 is 1.09 bits per heavy atom. The summed E-state index contributed by atoms with van der Waals surface area (Å²) in [6.07, 6.45) is 5.19. The van der Waals surface area contributed by atoms with Gasteiger partial charge in [0.2, 0.25) is 5.95 Å². The maximum atomic E-state index is 6.19. The number of hydrogen-bond donors (Lipinski definition) is 1. The highest BCUT2D eigenvalue weighted by Crippen LogP contribution is 2.52. The van der Waals surface area contributed by atoms with Gasteiger partial charge in [-0.2, -0.15) is 4.98 Å². The fourth-order valence-corrected chi connectivity index (χ4v) is 3.57. The van der Waals surface area contributed by atoms with Crippen molar-refractivity contribution >= 4 is 22.7 Å². The summed E-state index contributed by atoms with van der Waals surface area (Å²) in [4.78, 5) is 11.6. The Balaban J connectivity index is 1.76. The molecule has 23 heavy (non-hydrogen) atoms.